The zero-order valence-corrected chi connectivity index (χ0v) is 19.8. The van der Waals surface area contributed by atoms with E-state index in [9.17, 15) is 13.2 Å². The molecule has 2 aromatic rings. The van der Waals surface area contributed by atoms with E-state index in [0.29, 0.717) is 37.1 Å². The summed E-state index contributed by atoms with van der Waals surface area (Å²) in [4.78, 5) is 16.9. The van der Waals surface area contributed by atoms with Crippen LogP contribution in [0.2, 0.25) is 4.34 Å². The Morgan fingerprint density at radius 2 is 1.81 bits per heavy atom. The number of carbonyl (C=O) groups is 1. The maximum Gasteiger partial charge on any atom is 0.252 e. The van der Waals surface area contributed by atoms with E-state index in [-0.39, 0.29) is 16.2 Å². The van der Waals surface area contributed by atoms with Crippen LogP contribution < -0.4 is 4.74 Å². The number of methoxy groups -OCH3 is 1. The average molecular weight is 484 g/mol. The molecular weight excluding hydrogens is 458 g/mol. The van der Waals surface area contributed by atoms with Gasteiger partial charge in [-0.1, -0.05) is 23.7 Å². The Labute approximate surface area is 192 Å². The largest absolute Gasteiger partial charge is 0.497 e. The smallest absolute Gasteiger partial charge is 0.252 e. The van der Waals surface area contributed by atoms with Gasteiger partial charge in [0.1, 0.15) is 9.96 Å². The summed E-state index contributed by atoms with van der Waals surface area (Å²) in [7, 11) is -1.91. The monoisotopic (exact) mass is 483 g/mol. The molecule has 1 aromatic carbocycles. The van der Waals surface area contributed by atoms with Crippen LogP contribution in [0, 0.1) is 0 Å². The lowest BCUT2D eigenvalue weighted by Crippen LogP contribution is -2.52. The van der Waals surface area contributed by atoms with Crippen molar-refractivity contribution >= 4 is 38.9 Å². The third-order valence-electron chi connectivity index (χ3n) is 5.94. The van der Waals surface area contributed by atoms with Gasteiger partial charge in [0.15, 0.2) is 0 Å². The number of ether oxygens (including phenoxy) is 1. The molecule has 1 atom stereocenters. The Balaban J connectivity index is 1.34. The zero-order chi connectivity index (χ0) is 22.0. The van der Waals surface area contributed by atoms with Crippen molar-refractivity contribution < 1.29 is 17.9 Å². The summed E-state index contributed by atoms with van der Waals surface area (Å²) in [5.41, 5.74) is 1.19. The Morgan fingerprint density at radius 1 is 1.10 bits per heavy atom. The van der Waals surface area contributed by atoms with Crippen LogP contribution in [-0.2, 0) is 14.8 Å². The van der Waals surface area contributed by atoms with E-state index in [4.69, 9.17) is 16.3 Å². The van der Waals surface area contributed by atoms with Crippen LogP contribution in [0.4, 0.5) is 0 Å². The first-order valence-electron chi connectivity index (χ1n) is 10.3. The summed E-state index contributed by atoms with van der Waals surface area (Å²) in [5, 5.41) is 0. The normalized spacial score (nSPS) is 20.8. The molecule has 0 aliphatic carbocycles. The quantitative estimate of drug-likeness (QED) is 0.631. The fraction of sp³-hybridized carbons (Fsp3) is 0.476. The van der Waals surface area contributed by atoms with Gasteiger partial charge in [-0.3, -0.25) is 9.69 Å². The standard InChI is InChI=1S/C21H26ClN3O4S2/c1-29-17-6-4-16(5-7-17)18-3-2-10-24(18)15-20(26)23-11-13-25(14-12-23)31(27,28)21-9-8-19(22)30-21/h4-9,18H,2-3,10-15H2,1H3. The van der Waals surface area contributed by atoms with Gasteiger partial charge in [0, 0.05) is 32.2 Å². The molecule has 31 heavy (non-hydrogen) atoms. The molecule has 2 saturated heterocycles. The van der Waals surface area contributed by atoms with Crippen LogP contribution in [-0.4, -0.2) is 74.8 Å². The molecule has 0 radical (unpaired) electrons. The lowest BCUT2D eigenvalue weighted by Gasteiger charge is -2.35. The third kappa shape index (κ3) is 4.90. The van der Waals surface area contributed by atoms with Crippen molar-refractivity contribution in [1.82, 2.24) is 14.1 Å². The Morgan fingerprint density at radius 3 is 2.42 bits per heavy atom. The van der Waals surface area contributed by atoms with Gasteiger partial charge in [-0.2, -0.15) is 4.31 Å². The summed E-state index contributed by atoms with van der Waals surface area (Å²) >= 11 is 6.95. The van der Waals surface area contributed by atoms with E-state index in [1.54, 1.807) is 18.1 Å². The van der Waals surface area contributed by atoms with Crippen LogP contribution in [0.25, 0.3) is 0 Å². The Hall–Kier alpha value is -1.65. The highest BCUT2D eigenvalue weighted by Crippen LogP contribution is 2.33. The molecule has 1 amide bonds. The fourth-order valence-corrected chi connectivity index (χ4v) is 7.29. The van der Waals surface area contributed by atoms with Crippen LogP contribution >= 0.6 is 22.9 Å². The van der Waals surface area contributed by atoms with Gasteiger partial charge in [0.05, 0.1) is 18.0 Å². The number of nitrogens with zero attached hydrogens (tertiary/aromatic N) is 3. The molecule has 2 aliphatic rings. The summed E-state index contributed by atoms with van der Waals surface area (Å²) in [6.07, 6.45) is 2.08. The first kappa shape index (κ1) is 22.5. The maximum atomic E-state index is 12.9. The van der Waals surface area contributed by atoms with Gasteiger partial charge in [-0.05, 0) is 49.2 Å². The molecule has 4 rings (SSSR count). The van der Waals surface area contributed by atoms with Gasteiger partial charge in [0.25, 0.3) is 10.0 Å². The number of halogens is 1. The highest BCUT2D eigenvalue weighted by atomic mass is 35.5. The molecule has 0 bridgehead atoms. The van der Waals surface area contributed by atoms with E-state index in [0.717, 1.165) is 36.5 Å². The van der Waals surface area contributed by atoms with Gasteiger partial charge >= 0.3 is 0 Å². The number of amides is 1. The molecule has 3 heterocycles. The number of carbonyl (C=O) groups excluding carboxylic acids is 1. The van der Waals surface area contributed by atoms with Crippen molar-refractivity contribution in [2.45, 2.75) is 23.1 Å². The van der Waals surface area contributed by atoms with E-state index in [1.165, 1.54) is 15.9 Å². The molecular formula is C21H26ClN3O4S2. The number of hydrogen-bond donors (Lipinski definition) is 0. The lowest BCUT2D eigenvalue weighted by atomic mass is 10.0. The van der Waals surface area contributed by atoms with Crippen molar-refractivity contribution in [3.05, 3.63) is 46.3 Å². The van der Waals surface area contributed by atoms with Gasteiger partial charge in [-0.15, -0.1) is 11.3 Å². The van der Waals surface area contributed by atoms with E-state index in [2.05, 4.69) is 17.0 Å². The second-order valence-corrected chi connectivity index (χ2v) is 11.6. The van der Waals surface area contributed by atoms with Crippen molar-refractivity contribution in [2.24, 2.45) is 0 Å². The van der Waals surface area contributed by atoms with Crippen molar-refractivity contribution in [2.75, 3.05) is 46.4 Å². The van der Waals surface area contributed by atoms with E-state index < -0.39 is 10.0 Å². The number of hydrogen-bond acceptors (Lipinski definition) is 6. The van der Waals surface area contributed by atoms with Crippen LogP contribution in [0.1, 0.15) is 24.4 Å². The van der Waals surface area contributed by atoms with Crippen LogP contribution in [0.5, 0.6) is 5.75 Å². The second-order valence-electron chi connectivity index (χ2n) is 7.75. The van der Waals surface area contributed by atoms with E-state index in [1.807, 2.05) is 12.1 Å². The van der Waals surface area contributed by atoms with Crippen molar-refractivity contribution in [3.63, 3.8) is 0 Å². The minimum Gasteiger partial charge on any atom is -0.497 e. The zero-order valence-electron chi connectivity index (χ0n) is 17.4. The third-order valence-corrected chi connectivity index (χ3v) is 9.53. The number of sulfonamides is 1. The summed E-state index contributed by atoms with van der Waals surface area (Å²) < 4.78 is 32.9. The number of rotatable bonds is 6. The molecule has 10 heteroatoms. The predicted octanol–water partition coefficient (Wildman–Crippen LogP) is 3.08. The van der Waals surface area contributed by atoms with Crippen molar-refractivity contribution in [3.8, 4) is 5.75 Å². The molecule has 0 saturated carbocycles. The molecule has 1 unspecified atom stereocenters. The molecule has 2 aliphatic heterocycles. The lowest BCUT2D eigenvalue weighted by molar-refractivity contribution is -0.133. The van der Waals surface area contributed by atoms with Crippen molar-refractivity contribution in [1.29, 1.82) is 0 Å². The summed E-state index contributed by atoms with van der Waals surface area (Å²) in [6.45, 7) is 2.63. The fourth-order valence-electron chi connectivity index (χ4n) is 4.23. The van der Waals surface area contributed by atoms with Crippen LogP contribution in [0.15, 0.2) is 40.6 Å². The molecule has 0 N–H and O–H groups in total. The highest BCUT2D eigenvalue weighted by Gasteiger charge is 2.33. The number of piperazine rings is 1. The van der Waals surface area contributed by atoms with Gasteiger partial charge in [0.2, 0.25) is 5.91 Å². The Bertz CT molecular complexity index is 1020. The topological polar surface area (TPSA) is 70.2 Å². The molecule has 2 fully saturated rings. The minimum absolute atomic E-state index is 0.0524. The van der Waals surface area contributed by atoms with Crippen LogP contribution in [0.3, 0.4) is 0 Å². The number of likely N-dealkylation sites (tertiary alicyclic amines) is 1. The van der Waals surface area contributed by atoms with Gasteiger partial charge in [-0.25, -0.2) is 8.42 Å². The van der Waals surface area contributed by atoms with E-state index >= 15 is 0 Å². The second kappa shape index (κ2) is 9.46. The number of benzene rings is 1. The summed E-state index contributed by atoms with van der Waals surface area (Å²) in [5.74, 6) is 0.874. The SMILES string of the molecule is COc1ccc(C2CCCN2CC(=O)N2CCN(S(=O)(=O)c3ccc(Cl)s3)CC2)cc1. The highest BCUT2D eigenvalue weighted by molar-refractivity contribution is 7.91. The number of thiophene rings is 1. The minimum atomic E-state index is -3.55. The first-order valence-corrected chi connectivity index (χ1v) is 12.9. The predicted molar refractivity (Wildman–Crippen MR) is 121 cm³/mol. The maximum absolute atomic E-state index is 12.9. The molecule has 0 spiro atoms. The molecule has 7 nitrogen and oxygen atoms in total. The first-order chi connectivity index (χ1) is 14.9. The molecule has 1 aromatic heterocycles. The Kier molecular flexibility index (Phi) is 6.88. The van der Waals surface area contributed by atoms with Gasteiger partial charge < -0.3 is 9.64 Å². The summed E-state index contributed by atoms with van der Waals surface area (Å²) in [6, 6.07) is 11.4. The molecule has 168 valence electrons. The average Bonchev–Trinajstić information content (AvgIpc) is 3.43.